The van der Waals surface area contributed by atoms with E-state index < -0.39 is 0 Å². The fourth-order valence-corrected chi connectivity index (χ4v) is 2.58. The Morgan fingerprint density at radius 2 is 2.35 bits per heavy atom. The molecule has 1 atom stereocenters. The Labute approximate surface area is 103 Å². The monoisotopic (exact) mass is 229 g/mol. The van der Waals surface area contributed by atoms with Gasteiger partial charge in [-0.1, -0.05) is 13.3 Å². The Bertz CT molecular complexity index is 434. The molecule has 2 rings (SSSR count). The van der Waals surface area contributed by atoms with Gasteiger partial charge >= 0.3 is 0 Å². The van der Waals surface area contributed by atoms with Gasteiger partial charge in [-0.15, -0.1) is 0 Å². The van der Waals surface area contributed by atoms with Crippen LogP contribution in [0.3, 0.4) is 0 Å². The summed E-state index contributed by atoms with van der Waals surface area (Å²) in [5.74, 6) is 0.783. The summed E-state index contributed by atoms with van der Waals surface area (Å²) in [6, 6.07) is 7.69. The molecular weight excluding hydrogens is 210 g/mol. The number of nitriles is 1. The Hall–Kier alpha value is -1.69. The molecule has 3 nitrogen and oxygen atoms in total. The lowest BCUT2D eigenvalue weighted by Gasteiger charge is -2.20. The number of nitrogen functional groups attached to an aromatic ring is 1. The lowest BCUT2D eigenvalue weighted by molar-refractivity contribution is 0.530. The Balaban J connectivity index is 2.15. The summed E-state index contributed by atoms with van der Waals surface area (Å²) in [4.78, 5) is 2.32. The molecule has 3 heteroatoms. The second kappa shape index (κ2) is 5.09. The van der Waals surface area contributed by atoms with Crippen LogP contribution in [0.4, 0.5) is 11.4 Å². The normalized spacial score (nSPS) is 19.3. The zero-order chi connectivity index (χ0) is 12.3. The van der Waals surface area contributed by atoms with E-state index in [4.69, 9.17) is 11.0 Å². The standard InChI is InChI=1S/C14H19N3/c1-2-3-11-6-7-17(10-11)14-8-12(9-15)4-5-13(14)16/h4-5,8,11H,2-3,6-7,10,16H2,1H3. The van der Waals surface area contributed by atoms with E-state index in [1.807, 2.05) is 12.1 Å². The highest BCUT2D eigenvalue weighted by atomic mass is 15.2. The van der Waals surface area contributed by atoms with Gasteiger partial charge < -0.3 is 10.6 Å². The molecule has 0 saturated carbocycles. The predicted octanol–water partition coefficient (Wildman–Crippen LogP) is 2.77. The maximum Gasteiger partial charge on any atom is 0.0992 e. The maximum absolute atomic E-state index is 8.92. The summed E-state index contributed by atoms with van der Waals surface area (Å²) in [6.45, 7) is 4.37. The average molecular weight is 229 g/mol. The summed E-state index contributed by atoms with van der Waals surface area (Å²) in [6.07, 6.45) is 3.77. The SMILES string of the molecule is CCCC1CCN(c2cc(C#N)ccc2N)C1. The van der Waals surface area contributed by atoms with Crippen molar-refractivity contribution in [1.29, 1.82) is 5.26 Å². The van der Waals surface area contributed by atoms with Gasteiger partial charge in [-0.05, 0) is 37.0 Å². The molecule has 0 amide bonds. The van der Waals surface area contributed by atoms with Crippen LogP contribution in [0, 0.1) is 17.2 Å². The van der Waals surface area contributed by atoms with E-state index in [1.54, 1.807) is 6.07 Å². The average Bonchev–Trinajstić information content (AvgIpc) is 2.79. The van der Waals surface area contributed by atoms with Crippen LogP contribution in [0.2, 0.25) is 0 Å². The number of nitrogens with two attached hydrogens (primary N) is 1. The lowest BCUT2D eigenvalue weighted by atomic mass is 10.0. The van der Waals surface area contributed by atoms with Crippen LogP contribution in [0.15, 0.2) is 18.2 Å². The molecule has 1 fully saturated rings. The van der Waals surface area contributed by atoms with Gasteiger partial charge in [-0.3, -0.25) is 0 Å². The van der Waals surface area contributed by atoms with Crippen LogP contribution in [0.5, 0.6) is 0 Å². The van der Waals surface area contributed by atoms with Crippen molar-refractivity contribution in [1.82, 2.24) is 0 Å². The Morgan fingerprint density at radius 1 is 1.53 bits per heavy atom. The van der Waals surface area contributed by atoms with Gasteiger partial charge in [0.1, 0.15) is 0 Å². The summed E-state index contributed by atoms with van der Waals surface area (Å²) in [5, 5.41) is 8.92. The lowest BCUT2D eigenvalue weighted by Crippen LogP contribution is -2.20. The van der Waals surface area contributed by atoms with Crippen LogP contribution in [-0.4, -0.2) is 13.1 Å². The van der Waals surface area contributed by atoms with Crippen LogP contribution < -0.4 is 10.6 Å². The molecule has 0 spiro atoms. The second-order valence-corrected chi connectivity index (χ2v) is 4.77. The molecule has 1 saturated heterocycles. The first-order valence-electron chi connectivity index (χ1n) is 6.29. The van der Waals surface area contributed by atoms with Crippen LogP contribution in [-0.2, 0) is 0 Å². The highest BCUT2D eigenvalue weighted by Gasteiger charge is 2.23. The molecule has 0 aromatic heterocycles. The number of anilines is 2. The van der Waals surface area contributed by atoms with Crippen molar-refractivity contribution in [2.24, 2.45) is 5.92 Å². The van der Waals surface area contributed by atoms with Gasteiger partial charge in [0.15, 0.2) is 0 Å². The van der Waals surface area contributed by atoms with E-state index in [2.05, 4.69) is 17.9 Å². The summed E-state index contributed by atoms with van der Waals surface area (Å²) >= 11 is 0. The van der Waals surface area contributed by atoms with E-state index in [9.17, 15) is 0 Å². The van der Waals surface area contributed by atoms with E-state index in [0.717, 1.165) is 30.4 Å². The van der Waals surface area contributed by atoms with Gasteiger partial charge in [-0.2, -0.15) is 5.26 Å². The molecule has 1 aromatic carbocycles. The van der Waals surface area contributed by atoms with Crippen LogP contribution in [0.25, 0.3) is 0 Å². The first-order valence-corrected chi connectivity index (χ1v) is 6.29. The van der Waals surface area contributed by atoms with Gasteiger partial charge in [0.25, 0.3) is 0 Å². The van der Waals surface area contributed by atoms with Crippen molar-refractivity contribution in [2.75, 3.05) is 23.7 Å². The molecule has 1 aliphatic rings. The fourth-order valence-electron chi connectivity index (χ4n) is 2.58. The Kier molecular flexibility index (Phi) is 3.53. The minimum atomic E-state index is 0.688. The topological polar surface area (TPSA) is 53.0 Å². The molecule has 1 aliphatic heterocycles. The number of nitrogens with zero attached hydrogens (tertiary/aromatic N) is 2. The van der Waals surface area contributed by atoms with E-state index in [1.165, 1.54) is 19.3 Å². The third-order valence-electron chi connectivity index (χ3n) is 3.48. The highest BCUT2D eigenvalue weighted by Crippen LogP contribution is 2.31. The van der Waals surface area contributed by atoms with Crippen molar-refractivity contribution in [2.45, 2.75) is 26.2 Å². The molecule has 1 heterocycles. The number of rotatable bonds is 3. The van der Waals surface area contributed by atoms with Crippen LogP contribution in [0.1, 0.15) is 31.7 Å². The number of hydrogen-bond acceptors (Lipinski definition) is 3. The minimum Gasteiger partial charge on any atom is -0.397 e. The first-order chi connectivity index (χ1) is 8.24. The van der Waals surface area contributed by atoms with Gasteiger partial charge in [0.2, 0.25) is 0 Å². The fraction of sp³-hybridized carbons (Fsp3) is 0.500. The smallest absolute Gasteiger partial charge is 0.0992 e. The van der Waals surface area contributed by atoms with Gasteiger partial charge in [0.05, 0.1) is 23.0 Å². The molecular formula is C14H19N3. The largest absolute Gasteiger partial charge is 0.397 e. The van der Waals surface area contributed by atoms with E-state index in [0.29, 0.717) is 5.56 Å². The van der Waals surface area contributed by atoms with Crippen molar-refractivity contribution < 1.29 is 0 Å². The molecule has 0 aliphatic carbocycles. The van der Waals surface area contributed by atoms with Crippen molar-refractivity contribution in [3.63, 3.8) is 0 Å². The summed E-state index contributed by atoms with van der Waals surface area (Å²) in [5.41, 5.74) is 8.49. The quantitative estimate of drug-likeness (QED) is 0.811. The van der Waals surface area contributed by atoms with Crippen molar-refractivity contribution >= 4 is 11.4 Å². The van der Waals surface area contributed by atoms with E-state index in [-0.39, 0.29) is 0 Å². The van der Waals surface area contributed by atoms with Gasteiger partial charge in [-0.25, -0.2) is 0 Å². The van der Waals surface area contributed by atoms with Crippen LogP contribution >= 0.6 is 0 Å². The second-order valence-electron chi connectivity index (χ2n) is 4.77. The van der Waals surface area contributed by atoms with Gasteiger partial charge in [0, 0.05) is 13.1 Å². The maximum atomic E-state index is 8.92. The Morgan fingerprint density at radius 3 is 3.06 bits per heavy atom. The summed E-state index contributed by atoms with van der Waals surface area (Å²) < 4.78 is 0. The molecule has 90 valence electrons. The predicted molar refractivity (Wildman–Crippen MR) is 70.8 cm³/mol. The van der Waals surface area contributed by atoms with Crippen molar-refractivity contribution in [3.05, 3.63) is 23.8 Å². The third kappa shape index (κ3) is 2.52. The zero-order valence-corrected chi connectivity index (χ0v) is 10.3. The molecule has 1 aromatic rings. The third-order valence-corrected chi connectivity index (χ3v) is 3.48. The molecule has 0 bridgehead atoms. The van der Waals surface area contributed by atoms with E-state index >= 15 is 0 Å². The number of hydrogen-bond donors (Lipinski definition) is 1. The molecule has 17 heavy (non-hydrogen) atoms. The summed E-state index contributed by atoms with van der Waals surface area (Å²) in [7, 11) is 0. The highest BCUT2D eigenvalue weighted by molar-refractivity contribution is 5.70. The molecule has 0 radical (unpaired) electrons. The molecule has 1 unspecified atom stereocenters. The first kappa shape index (κ1) is 11.8. The van der Waals surface area contributed by atoms with Crippen molar-refractivity contribution in [3.8, 4) is 6.07 Å². The minimum absolute atomic E-state index is 0.688. The zero-order valence-electron chi connectivity index (χ0n) is 10.3. The molecule has 2 N–H and O–H groups in total. The number of benzene rings is 1.